The van der Waals surface area contributed by atoms with Crippen molar-refractivity contribution in [2.75, 3.05) is 7.11 Å². The number of carboxylic acids is 2. The van der Waals surface area contributed by atoms with E-state index < -0.39 is 24.0 Å². The van der Waals surface area contributed by atoms with Gasteiger partial charge in [-0.3, -0.25) is 9.59 Å². The molecule has 164 valence electrons. The van der Waals surface area contributed by atoms with Gasteiger partial charge in [0, 0.05) is 16.5 Å². The molecule has 4 rings (SSSR count). The lowest BCUT2D eigenvalue weighted by Crippen LogP contribution is -2.15. The molecule has 0 aliphatic rings. The van der Waals surface area contributed by atoms with E-state index in [1.807, 2.05) is 0 Å². The van der Waals surface area contributed by atoms with Crippen LogP contribution in [0.25, 0.3) is 33.3 Å². The fraction of sp³-hybridized carbons (Fsp3) is 0.208. The van der Waals surface area contributed by atoms with Gasteiger partial charge in [0.25, 0.3) is 0 Å². The van der Waals surface area contributed by atoms with Gasteiger partial charge in [0.2, 0.25) is 0 Å². The standard InChI is InChI=1S/C24H20O8/c1-11-8-17-21(12(2)15(9-18(25)26)24(29)31-17)23-20(11)16(10-19(27)28)22(32-23)13-4-6-14(30-3)7-5-13/h4-8H,9-10H2,1-3H3,(H,25,26)(H,27,28). The third kappa shape index (κ3) is 3.49. The second kappa shape index (κ2) is 7.88. The first-order valence-electron chi connectivity index (χ1n) is 9.80. The van der Waals surface area contributed by atoms with E-state index in [0.29, 0.717) is 50.1 Å². The maximum absolute atomic E-state index is 12.4. The summed E-state index contributed by atoms with van der Waals surface area (Å²) in [5, 5.41) is 19.8. The molecule has 32 heavy (non-hydrogen) atoms. The molecule has 0 unspecified atom stereocenters. The average Bonchev–Trinajstić information content (AvgIpc) is 3.09. The lowest BCUT2D eigenvalue weighted by molar-refractivity contribution is -0.137. The van der Waals surface area contributed by atoms with Crippen LogP contribution < -0.4 is 10.4 Å². The fourth-order valence-electron chi connectivity index (χ4n) is 4.06. The van der Waals surface area contributed by atoms with Crippen LogP contribution in [-0.4, -0.2) is 29.3 Å². The van der Waals surface area contributed by atoms with E-state index in [9.17, 15) is 24.6 Å². The molecule has 0 bridgehead atoms. The Labute approximate surface area is 181 Å². The first-order valence-corrected chi connectivity index (χ1v) is 9.80. The molecule has 2 heterocycles. The smallest absolute Gasteiger partial charge is 0.340 e. The summed E-state index contributed by atoms with van der Waals surface area (Å²) in [4.78, 5) is 35.3. The Morgan fingerprint density at radius 2 is 1.56 bits per heavy atom. The number of hydrogen-bond acceptors (Lipinski definition) is 6. The van der Waals surface area contributed by atoms with E-state index >= 15 is 0 Å². The molecule has 4 aromatic rings. The lowest BCUT2D eigenvalue weighted by atomic mass is 9.96. The number of carbonyl (C=O) groups is 2. The third-order valence-electron chi connectivity index (χ3n) is 5.51. The molecule has 0 spiro atoms. The highest BCUT2D eigenvalue weighted by molar-refractivity contribution is 6.09. The van der Waals surface area contributed by atoms with Crippen molar-refractivity contribution in [3.63, 3.8) is 0 Å². The van der Waals surface area contributed by atoms with Crippen molar-refractivity contribution >= 4 is 33.9 Å². The molecule has 2 N–H and O–H groups in total. The predicted molar refractivity (Wildman–Crippen MR) is 116 cm³/mol. The number of ether oxygens (including phenoxy) is 1. The molecule has 0 aliphatic heterocycles. The molecular formula is C24H20O8. The Morgan fingerprint density at radius 1 is 0.938 bits per heavy atom. The summed E-state index contributed by atoms with van der Waals surface area (Å²) in [6.07, 6.45) is -0.772. The number of benzene rings is 2. The van der Waals surface area contributed by atoms with Crippen LogP contribution in [0.15, 0.2) is 44.0 Å². The molecule has 8 heteroatoms. The molecule has 2 aromatic heterocycles. The highest BCUT2D eigenvalue weighted by atomic mass is 16.5. The summed E-state index contributed by atoms with van der Waals surface area (Å²) in [5.41, 5.74) is 2.18. The van der Waals surface area contributed by atoms with Crippen molar-refractivity contribution in [1.29, 1.82) is 0 Å². The summed E-state index contributed by atoms with van der Waals surface area (Å²) in [6.45, 7) is 3.42. The van der Waals surface area contributed by atoms with Gasteiger partial charge >= 0.3 is 17.6 Å². The number of aryl methyl sites for hydroxylation is 2. The summed E-state index contributed by atoms with van der Waals surface area (Å²) in [5.74, 6) is -1.16. The second-order valence-electron chi connectivity index (χ2n) is 7.54. The zero-order valence-electron chi connectivity index (χ0n) is 17.6. The summed E-state index contributed by atoms with van der Waals surface area (Å²) in [6, 6.07) is 8.67. The molecule has 0 saturated heterocycles. The van der Waals surface area contributed by atoms with Crippen molar-refractivity contribution in [2.24, 2.45) is 0 Å². The molecule has 2 aromatic carbocycles. The quantitative estimate of drug-likeness (QED) is 0.433. The van der Waals surface area contributed by atoms with E-state index in [2.05, 4.69) is 0 Å². The van der Waals surface area contributed by atoms with Gasteiger partial charge in [-0.15, -0.1) is 0 Å². The Bertz CT molecular complexity index is 1440. The van der Waals surface area contributed by atoms with Crippen LogP contribution in [-0.2, 0) is 22.4 Å². The molecule has 0 saturated carbocycles. The summed E-state index contributed by atoms with van der Waals surface area (Å²) >= 11 is 0. The molecular weight excluding hydrogens is 416 g/mol. The molecule has 0 amide bonds. The van der Waals surface area contributed by atoms with Crippen LogP contribution in [0.4, 0.5) is 0 Å². The summed E-state index contributed by atoms with van der Waals surface area (Å²) < 4.78 is 16.8. The fourth-order valence-corrected chi connectivity index (χ4v) is 4.06. The first kappa shape index (κ1) is 21.2. The topological polar surface area (TPSA) is 127 Å². The van der Waals surface area contributed by atoms with Crippen molar-refractivity contribution in [2.45, 2.75) is 26.7 Å². The number of furan rings is 1. The number of methoxy groups -OCH3 is 1. The summed E-state index contributed by atoms with van der Waals surface area (Å²) in [7, 11) is 1.55. The van der Waals surface area contributed by atoms with Crippen molar-refractivity contribution < 1.29 is 33.4 Å². The average molecular weight is 436 g/mol. The Kier molecular flexibility index (Phi) is 5.22. The Morgan fingerprint density at radius 3 is 2.16 bits per heavy atom. The maximum Gasteiger partial charge on any atom is 0.340 e. The highest BCUT2D eigenvalue weighted by Crippen LogP contribution is 2.41. The minimum absolute atomic E-state index is 0.0253. The number of aliphatic carboxylic acids is 2. The van der Waals surface area contributed by atoms with Gasteiger partial charge in [0.1, 0.15) is 22.7 Å². The monoisotopic (exact) mass is 436 g/mol. The van der Waals surface area contributed by atoms with E-state index in [4.69, 9.17) is 13.6 Å². The number of carboxylic acid groups (broad SMARTS) is 2. The van der Waals surface area contributed by atoms with Gasteiger partial charge in [0.05, 0.1) is 30.9 Å². The zero-order valence-corrected chi connectivity index (χ0v) is 17.6. The minimum atomic E-state index is -1.16. The molecule has 0 radical (unpaired) electrons. The van der Waals surface area contributed by atoms with E-state index in [1.54, 1.807) is 51.3 Å². The minimum Gasteiger partial charge on any atom is -0.497 e. The molecule has 0 aliphatic carbocycles. The van der Waals surface area contributed by atoms with Gasteiger partial charge < -0.3 is 23.8 Å². The van der Waals surface area contributed by atoms with Crippen LogP contribution in [0.5, 0.6) is 5.75 Å². The Balaban J connectivity index is 2.12. The van der Waals surface area contributed by atoms with E-state index in [1.165, 1.54) is 0 Å². The van der Waals surface area contributed by atoms with Gasteiger partial charge in [0.15, 0.2) is 0 Å². The van der Waals surface area contributed by atoms with Crippen molar-refractivity contribution in [3.8, 4) is 17.1 Å². The Hall–Kier alpha value is -4.07. The van der Waals surface area contributed by atoms with Crippen LogP contribution in [0, 0.1) is 13.8 Å². The number of hydrogen-bond donors (Lipinski definition) is 2. The molecule has 8 nitrogen and oxygen atoms in total. The highest BCUT2D eigenvalue weighted by Gasteiger charge is 2.25. The van der Waals surface area contributed by atoms with Gasteiger partial charge in [-0.05, 0) is 55.3 Å². The predicted octanol–water partition coefficient (Wildman–Crippen LogP) is 4.09. The van der Waals surface area contributed by atoms with E-state index in [0.717, 1.165) is 0 Å². The van der Waals surface area contributed by atoms with Crippen LogP contribution in [0.3, 0.4) is 0 Å². The second-order valence-corrected chi connectivity index (χ2v) is 7.54. The van der Waals surface area contributed by atoms with Crippen LogP contribution in [0.2, 0.25) is 0 Å². The SMILES string of the molecule is COc1ccc(-c2oc3c(c(C)cc4oc(=O)c(CC(=O)O)c(C)c43)c2CC(=O)O)cc1. The zero-order chi connectivity index (χ0) is 23.2. The van der Waals surface area contributed by atoms with Gasteiger partial charge in [-0.2, -0.15) is 0 Å². The van der Waals surface area contributed by atoms with Crippen molar-refractivity contribution in [3.05, 3.63) is 63.0 Å². The van der Waals surface area contributed by atoms with Crippen molar-refractivity contribution in [1.82, 2.24) is 0 Å². The van der Waals surface area contributed by atoms with E-state index in [-0.39, 0.29) is 17.6 Å². The molecule has 0 atom stereocenters. The normalized spacial score (nSPS) is 11.2. The largest absolute Gasteiger partial charge is 0.497 e. The number of rotatable bonds is 6. The number of fused-ring (bicyclic) bond motifs is 3. The van der Waals surface area contributed by atoms with Gasteiger partial charge in [-0.25, -0.2) is 4.79 Å². The third-order valence-corrected chi connectivity index (χ3v) is 5.51. The molecule has 0 fully saturated rings. The first-order chi connectivity index (χ1) is 15.2. The van der Waals surface area contributed by atoms with Gasteiger partial charge in [-0.1, -0.05) is 0 Å². The lowest BCUT2D eigenvalue weighted by Gasteiger charge is -2.08. The van der Waals surface area contributed by atoms with Crippen LogP contribution >= 0.6 is 0 Å². The maximum atomic E-state index is 12.4. The van der Waals surface area contributed by atoms with Crippen LogP contribution in [0.1, 0.15) is 22.3 Å².